The molecule has 1 atom stereocenters. The fourth-order valence-corrected chi connectivity index (χ4v) is 4.02. The van der Waals surface area contributed by atoms with E-state index in [1.807, 2.05) is 0 Å². The van der Waals surface area contributed by atoms with E-state index in [0.717, 1.165) is 19.5 Å². The molecule has 0 radical (unpaired) electrons. The van der Waals surface area contributed by atoms with E-state index >= 15 is 0 Å². The smallest absolute Gasteiger partial charge is 0.0887 e. The van der Waals surface area contributed by atoms with Crippen molar-refractivity contribution in [2.24, 2.45) is 0 Å². The topological polar surface area (TPSA) is 23.1 Å². The van der Waals surface area contributed by atoms with Crippen LogP contribution in [0.3, 0.4) is 0 Å². The van der Waals surface area contributed by atoms with Gasteiger partial charge in [0.15, 0.2) is 0 Å². The van der Waals surface area contributed by atoms with Crippen molar-refractivity contribution in [3.05, 3.63) is 5.21 Å². The van der Waals surface area contributed by atoms with Gasteiger partial charge in [0.05, 0.1) is 19.1 Å². The minimum Gasteiger partial charge on any atom is -0.633 e. The van der Waals surface area contributed by atoms with Crippen LogP contribution in [0, 0.1) is 5.21 Å². The number of nitrogens with zero attached hydrogens (tertiary/aromatic N) is 1. The lowest BCUT2D eigenvalue weighted by molar-refractivity contribution is -0.905. The molecule has 0 saturated heterocycles. The van der Waals surface area contributed by atoms with Crippen LogP contribution >= 0.6 is 0 Å². The van der Waals surface area contributed by atoms with Crippen molar-refractivity contribution < 1.29 is 4.65 Å². The number of quaternary nitrogens is 1. The van der Waals surface area contributed by atoms with E-state index in [-0.39, 0.29) is 4.65 Å². The third-order valence-corrected chi connectivity index (χ3v) is 5.67. The third-order valence-electron chi connectivity index (χ3n) is 5.67. The van der Waals surface area contributed by atoms with E-state index in [9.17, 15) is 5.21 Å². The lowest BCUT2D eigenvalue weighted by atomic mass is 9.93. The van der Waals surface area contributed by atoms with Gasteiger partial charge in [-0.2, -0.15) is 0 Å². The molecule has 2 heteroatoms. The van der Waals surface area contributed by atoms with Crippen LogP contribution in [0.4, 0.5) is 0 Å². The van der Waals surface area contributed by atoms with Crippen LogP contribution in [-0.2, 0) is 0 Å². The van der Waals surface area contributed by atoms with Gasteiger partial charge in [0.1, 0.15) is 0 Å². The molecule has 2 nitrogen and oxygen atoms in total. The summed E-state index contributed by atoms with van der Waals surface area (Å²) in [6.07, 6.45) is 19.8. The van der Waals surface area contributed by atoms with Crippen molar-refractivity contribution in [1.82, 2.24) is 0 Å². The van der Waals surface area contributed by atoms with E-state index in [1.165, 1.54) is 89.9 Å². The lowest BCUT2D eigenvalue weighted by Gasteiger charge is -2.50. The Morgan fingerprint density at radius 1 is 0.727 bits per heavy atom. The molecule has 0 spiro atoms. The molecule has 0 aromatic heterocycles. The molecule has 1 fully saturated rings. The zero-order valence-electron chi connectivity index (χ0n) is 15.5. The highest BCUT2D eigenvalue weighted by atomic mass is 16.5. The van der Waals surface area contributed by atoms with E-state index in [2.05, 4.69) is 13.8 Å². The Morgan fingerprint density at radius 2 is 1.23 bits per heavy atom. The average Bonchev–Trinajstić information content (AvgIpc) is 2.57. The Balaban J connectivity index is 2.02. The molecule has 0 bridgehead atoms. The van der Waals surface area contributed by atoms with Crippen molar-refractivity contribution in [1.29, 1.82) is 0 Å². The highest BCUT2D eigenvalue weighted by Crippen LogP contribution is 2.28. The van der Waals surface area contributed by atoms with Gasteiger partial charge in [0.2, 0.25) is 0 Å². The van der Waals surface area contributed by atoms with Gasteiger partial charge in [-0.1, -0.05) is 64.7 Å². The maximum atomic E-state index is 13.0. The van der Waals surface area contributed by atoms with Crippen LogP contribution in [-0.4, -0.2) is 23.8 Å². The minimum absolute atomic E-state index is 0.108. The molecule has 132 valence electrons. The summed E-state index contributed by atoms with van der Waals surface area (Å²) in [4.78, 5) is 0. The largest absolute Gasteiger partial charge is 0.633 e. The fourth-order valence-electron chi connectivity index (χ4n) is 4.02. The summed E-state index contributed by atoms with van der Waals surface area (Å²) in [6.45, 7) is 6.02. The lowest BCUT2D eigenvalue weighted by Crippen LogP contribution is -2.51. The summed E-state index contributed by atoms with van der Waals surface area (Å²) in [5, 5.41) is 13.0. The van der Waals surface area contributed by atoms with Gasteiger partial charge in [-0.25, -0.2) is 0 Å². The van der Waals surface area contributed by atoms with Crippen LogP contribution in [0.1, 0.15) is 110 Å². The maximum absolute atomic E-state index is 13.0. The van der Waals surface area contributed by atoms with Crippen molar-refractivity contribution in [3.8, 4) is 0 Å². The molecule has 0 aliphatic heterocycles. The molecular formula is C20H41NO. The van der Waals surface area contributed by atoms with Crippen LogP contribution in [0.15, 0.2) is 0 Å². The first-order valence-corrected chi connectivity index (χ1v) is 10.3. The van der Waals surface area contributed by atoms with E-state index in [1.54, 1.807) is 0 Å². The third kappa shape index (κ3) is 7.97. The van der Waals surface area contributed by atoms with Gasteiger partial charge in [0, 0.05) is 0 Å². The van der Waals surface area contributed by atoms with Crippen molar-refractivity contribution in [3.63, 3.8) is 0 Å². The summed E-state index contributed by atoms with van der Waals surface area (Å²) in [5.41, 5.74) is 0. The normalized spacial score (nSPS) is 19.2. The second-order valence-corrected chi connectivity index (χ2v) is 7.47. The molecule has 0 aromatic carbocycles. The molecule has 0 N–H and O–H groups in total. The number of hydrogen-bond donors (Lipinski definition) is 0. The molecule has 1 rings (SSSR count). The molecule has 0 aromatic rings. The summed E-state index contributed by atoms with van der Waals surface area (Å²) >= 11 is 0. The number of hydrogen-bond acceptors (Lipinski definition) is 1. The van der Waals surface area contributed by atoms with Gasteiger partial charge in [0.25, 0.3) is 0 Å². The summed E-state index contributed by atoms with van der Waals surface area (Å²) < 4.78 is 0.108. The van der Waals surface area contributed by atoms with Crippen LogP contribution < -0.4 is 0 Å². The first kappa shape index (κ1) is 20.0. The molecule has 1 unspecified atom stereocenters. The molecule has 1 aliphatic carbocycles. The van der Waals surface area contributed by atoms with Crippen molar-refractivity contribution in [2.45, 2.75) is 116 Å². The predicted octanol–water partition coefficient (Wildman–Crippen LogP) is 6.57. The Morgan fingerprint density at radius 3 is 1.73 bits per heavy atom. The number of unbranched alkanes of at least 4 members (excludes halogenated alkanes) is 9. The first-order valence-electron chi connectivity index (χ1n) is 10.3. The second kappa shape index (κ2) is 12.4. The Kier molecular flexibility index (Phi) is 11.2. The highest BCUT2D eigenvalue weighted by molar-refractivity contribution is 4.68. The van der Waals surface area contributed by atoms with Crippen LogP contribution in [0.25, 0.3) is 0 Å². The van der Waals surface area contributed by atoms with Gasteiger partial charge in [-0.05, 0) is 45.4 Å². The fraction of sp³-hybridized carbons (Fsp3) is 1.00. The highest BCUT2D eigenvalue weighted by Gasteiger charge is 2.28. The molecule has 1 aliphatic rings. The standard InChI is InChI=1S/C20H41NO/c1-3-5-6-7-8-9-10-11-12-16-19-21(22,4-2)20-17-14-13-15-18-20/h20H,3-19H2,1-2H3. The second-order valence-electron chi connectivity index (χ2n) is 7.47. The molecular weight excluding hydrogens is 270 g/mol. The quantitative estimate of drug-likeness (QED) is 0.214. The number of hydroxylamine groups is 3. The van der Waals surface area contributed by atoms with Gasteiger partial charge in [-0.15, -0.1) is 0 Å². The molecule has 0 heterocycles. The Hall–Kier alpha value is -0.0800. The summed E-state index contributed by atoms with van der Waals surface area (Å²) in [5.74, 6) is 0. The van der Waals surface area contributed by atoms with Gasteiger partial charge in [-0.3, -0.25) is 0 Å². The first-order chi connectivity index (χ1) is 10.7. The van der Waals surface area contributed by atoms with E-state index < -0.39 is 0 Å². The zero-order chi connectivity index (χ0) is 16.1. The maximum Gasteiger partial charge on any atom is 0.0887 e. The zero-order valence-corrected chi connectivity index (χ0v) is 15.5. The average molecular weight is 312 g/mol. The Labute approximate surface area is 139 Å². The molecule has 1 saturated carbocycles. The summed E-state index contributed by atoms with van der Waals surface area (Å²) in [6, 6.07) is 0.414. The van der Waals surface area contributed by atoms with Crippen molar-refractivity contribution in [2.75, 3.05) is 13.1 Å². The van der Waals surface area contributed by atoms with Crippen LogP contribution in [0.5, 0.6) is 0 Å². The Bertz CT molecular complexity index is 250. The van der Waals surface area contributed by atoms with Crippen molar-refractivity contribution >= 4 is 0 Å². The van der Waals surface area contributed by atoms with Gasteiger partial charge >= 0.3 is 0 Å². The minimum atomic E-state index is 0.108. The predicted molar refractivity (Wildman–Crippen MR) is 97.8 cm³/mol. The molecule has 0 amide bonds. The summed E-state index contributed by atoms with van der Waals surface area (Å²) in [7, 11) is 0. The van der Waals surface area contributed by atoms with E-state index in [4.69, 9.17) is 0 Å². The molecule has 22 heavy (non-hydrogen) atoms. The van der Waals surface area contributed by atoms with E-state index in [0.29, 0.717) is 6.04 Å². The SMILES string of the molecule is CCCCCCCCCCCC[N+]([O-])(CC)C1CCCCC1. The monoisotopic (exact) mass is 311 g/mol. The van der Waals surface area contributed by atoms with Crippen LogP contribution in [0.2, 0.25) is 0 Å². The number of rotatable bonds is 13. The van der Waals surface area contributed by atoms with Gasteiger partial charge < -0.3 is 9.85 Å².